The van der Waals surface area contributed by atoms with Gasteiger partial charge in [-0.3, -0.25) is 5.10 Å². The summed E-state index contributed by atoms with van der Waals surface area (Å²) in [4.78, 5) is 0. The monoisotopic (exact) mass is 253 g/mol. The van der Waals surface area contributed by atoms with E-state index < -0.39 is 5.92 Å². The highest BCUT2D eigenvalue weighted by molar-refractivity contribution is 5.79. The summed E-state index contributed by atoms with van der Waals surface area (Å²) in [7, 11) is 1.35. The molecule has 0 amide bonds. The van der Waals surface area contributed by atoms with Crippen LogP contribution in [0.15, 0.2) is 24.4 Å². The van der Waals surface area contributed by atoms with Crippen molar-refractivity contribution in [3.63, 3.8) is 0 Å². The zero-order valence-electron chi connectivity index (χ0n) is 10.00. The van der Waals surface area contributed by atoms with Crippen molar-refractivity contribution < 1.29 is 13.5 Å². The third-order valence-electron chi connectivity index (χ3n) is 2.65. The van der Waals surface area contributed by atoms with Gasteiger partial charge < -0.3 is 10.5 Å². The zero-order valence-corrected chi connectivity index (χ0v) is 10.00. The number of benzene rings is 1. The minimum absolute atomic E-state index is 0.109. The van der Waals surface area contributed by atoms with E-state index >= 15 is 0 Å². The smallest absolute Gasteiger partial charge is 0.274 e. The number of ether oxygens (including phenoxy) is 1. The van der Waals surface area contributed by atoms with Gasteiger partial charge in [0.1, 0.15) is 11.6 Å². The van der Waals surface area contributed by atoms with Gasteiger partial charge >= 0.3 is 0 Å². The lowest BCUT2D eigenvalue weighted by Crippen LogP contribution is -2.09. The van der Waals surface area contributed by atoms with E-state index in [9.17, 15) is 8.78 Å². The lowest BCUT2D eigenvalue weighted by atomic mass is 10.0. The number of rotatable bonds is 3. The van der Waals surface area contributed by atoms with Crippen molar-refractivity contribution >= 4 is 5.82 Å². The van der Waals surface area contributed by atoms with Gasteiger partial charge in [0.15, 0.2) is 0 Å². The van der Waals surface area contributed by atoms with Gasteiger partial charge in [-0.15, -0.1) is 0 Å². The molecule has 1 aromatic heterocycles. The fourth-order valence-electron chi connectivity index (χ4n) is 1.83. The highest BCUT2D eigenvalue weighted by Crippen LogP contribution is 2.41. The Hall–Kier alpha value is -2.11. The Morgan fingerprint density at radius 2 is 2.06 bits per heavy atom. The van der Waals surface area contributed by atoms with Crippen LogP contribution in [0.2, 0.25) is 0 Å². The van der Waals surface area contributed by atoms with E-state index in [2.05, 4.69) is 10.2 Å². The molecule has 0 aliphatic heterocycles. The largest absolute Gasteiger partial charge is 0.496 e. The molecule has 2 rings (SSSR count). The Morgan fingerprint density at radius 1 is 1.33 bits per heavy atom. The second-order valence-electron chi connectivity index (χ2n) is 3.97. The average Bonchev–Trinajstić information content (AvgIpc) is 2.73. The highest BCUT2D eigenvalue weighted by atomic mass is 19.3. The lowest BCUT2D eigenvalue weighted by molar-refractivity contribution is 0.0151. The Bertz CT molecular complexity index is 561. The molecule has 1 aromatic carbocycles. The molecule has 0 aliphatic carbocycles. The number of hydrogen-bond acceptors (Lipinski definition) is 3. The fourth-order valence-corrected chi connectivity index (χ4v) is 1.83. The molecule has 6 heteroatoms. The van der Waals surface area contributed by atoms with Crippen molar-refractivity contribution in [2.75, 3.05) is 12.8 Å². The molecule has 0 bridgehead atoms. The second-order valence-corrected chi connectivity index (χ2v) is 3.97. The number of hydrogen-bond donors (Lipinski definition) is 2. The molecule has 0 saturated heterocycles. The molecule has 0 radical (unpaired) electrons. The predicted octanol–water partition coefficient (Wildman–Crippen LogP) is 2.78. The number of anilines is 1. The Morgan fingerprint density at radius 3 is 2.56 bits per heavy atom. The van der Waals surface area contributed by atoms with Crippen LogP contribution in [0.5, 0.6) is 5.75 Å². The van der Waals surface area contributed by atoms with Crippen LogP contribution < -0.4 is 10.5 Å². The first-order valence-electron chi connectivity index (χ1n) is 5.29. The molecule has 3 N–H and O–H groups in total. The molecule has 0 unspecified atom stereocenters. The SMILES string of the molecule is COc1c(-c2cn[nH]c2N)cccc1C(C)(F)F. The number of alkyl halides is 2. The van der Waals surface area contributed by atoms with Crippen molar-refractivity contribution in [1.29, 1.82) is 0 Å². The number of halogens is 2. The molecule has 0 atom stereocenters. The minimum Gasteiger partial charge on any atom is -0.496 e. The van der Waals surface area contributed by atoms with E-state index in [1.54, 1.807) is 6.07 Å². The topological polar surface area (TPSA) is 63.9 Å². The Balaban J connectivity index is 2.67. The fraction of sp³-hybridized carbons (Fsp3) is 0.250. The van der Waals surface area contributed by atoms with Crippen LogP contribution in [0.25, 0.3) is 11.1 Å². The molecule has 96 valence electrons. The number of nitrogens with two attached hydrogens (primary N) is 1. The number of nitrogens with zero attached hydrogens (tertiary/aromatic N) is 1. The van der Waals surface area contributed by atoms with Crippen molar-refractivity contribution in [2.24, 2.45) is 0 Å². The van der Waals surface area contributed by atoms with Crippen LogP contribution >= 0.6 is 0 Å². The average molecular weight is 253 g/mol. The van der Waals surface area contributed by atoms with Gasteiger partial charge in [-0.05, 0) is 6.07 Å². The highest BCUT2D eigenvalue weighted by Gasteiger charge is 2.30. The summed E-state index contributed by atoms with van der Waals surface area (Å²) in [5.74, 6) is -2.57. The number of para-hydroxylation sites is 1. The van der Waals surface area contributed by atoms with Crippen molar-refractivity contribution in [2.45, 2.75) is 12.8 Å². The van der Waals surface area contributed by atoms with Gasteiger partial charge in [-0.25, -0.2) is 8.78 Å². The summed E-state index contributed by atoms with van der Waals surface area (Å²) in [6, 6.07) is 4.53. The Kier molecular flexibility index (Phi) is 2.94. The van der Waals surface area contributed by atoms with Gasteiger partial charge in [-0.1, -0.05) is 12.1 Å². The number of aromatic amines is 1. The molecular weight excluding hydrogens is 240 g/mol. The third kappa shape index (κ3) is 2.01. The van der Waals surface area contributed by atoms with E-state index in [0.29, 0.717) is 16.9 Å². The molecular formula is C12H13F2N3O. The predicted molar refractivity (Wildman–Crippen MR) is 64.6 cm³/mol. The summed E-state index contributed by atoms with van der Waals surface area (Å²) >= 11 is 0. The van der Waals surface area contributed by atoms with Gasteiger partial charge in [0.25, 0.3) is 5.92 Å². The van der Waals surface area contributed by atoms with Crippen LogP contribution in [0, 0.1) is 0 Å². The number of aromatic nitrogens is 2. The van der Waals surface area contributed by atoms with Crippen molar-refractivity contribution in [1.82, 2.24) is 10.2 Å². The first-order chi connectivity index (χ1) is 8.45. The summed E-state index contributed by atoms with van der Waals surface area (Å²) in [6.07, 6.45) is 1.48. The van der Waals surface area contributed by atoms with E-state index in [-0.39, 0.29) is 11.3 Å². The van der Waals surface area contributed by atoms with Crippen LogP contribution in [-0.4, -0.2) is 17.3 Å². The molecule has 0 aliphatic rings. The van der Waals surface area contributed by atoms with E-state index in [0.717, 1.165) is 6.92 Å². The van der Waals surface area contributed by atoms with Gasteiger partial charge in [-0.2, -0.15) is 5.10 Å². The Labute approximate surface area is 103 Å². The molecule has 0 saturated carbocycles. The molecule has 4 nitrogen and oxygen atoms in total. The first-order valence-corrected chi connectivity index (χ1v) is 5.29. The van der Waals surface area contributed by atoms with E-state index in [1.807, 2.05) is 0 Å². The van der Waals surface area contributed by atoms with Gasteiger partial charge in [0.2, 0.25) is 0 Å². The van der Waals surface area contributed by atoms with Gasteiger partial charge in [0, 0.05) is 18.1 Å². The number of H-pyrrole nitrogens is 1. The number of nitrogen functional groups attached to an aromatic ring is 1. The summed E-state index contributed by atoms with van der Waals surface area (Å²) < 4.78 is 32.1. The number of methoxy groups -OCH3 is 1. The van der Waals surface area contributed by atoms with Crippen molar-refractivity contribution in [3.8, 4) is 16.9 Å². The summed E-state index contributed by atoms with van der Waals surface area (Å²) in [5.41, 5.74) is 6.54. The maximum Gasteiger partial charge on any atom is 0.274 e. The van der Waals surface area contributed by atoms with Crippen LogP contribution in [0.1, 0.15) is 12.5 Å². The molecule has 18 heavy (non-hydrogen) atoms. The maximum absolute atomic E-state index is 13.5. The van der Waals surface area contributed by atoms with Crippen LogP contribution in [0.4, 0.5) is 14.6 Å². The van der Waals surface area contributed by atoms with E-state index in [1.165, 1.54) is 25.4 Å². The zero-order chi connectivity index (χ0) is 13.3. The molecule has 0 fully saturated rings. The first kappa shape index (κ1) is 12.3. The maximum atomic E-state index is 13.5. The number of nitrogens with one attached hydrogen (secondary N) is 1. The quantitative estimate of drug-likeness (QED) is 0.884. The molecule has 0 spiro atoms. The standard InChI is InChI=1S/C12H13F2N3O/c1-12(13,14)9-5-3-4-7(10(9)18-2)8-6-16-17-11(8)15/h3-6H,1-2H3,(H3,15,16,17). The minimum atomic E-state index is -2.99. The van der Waals surface area contributed by atoms with Gasteiger partial charge in [0.05, 0.1) is 18.9 Å². The van der Waals surface area contributed by atoms with Crippen LogP contribution in [0.3, 0.4) is 0 Å². The summed E-state index contributed by atoms with van der Waals surface area (Å²) in [6.45, 7) is 0.827. The normalized spacial score (nSPS) is 11.6. The molecule has 2 aromatic rings. The van der Waals surface area contributed by atoms with Crippen LogP contribution in [-0.2, 0) is 5.92 Å². The third-order valence-corrected chi connectivity index (χ3v) is 2.65. The lowest BCUT2D eigenvalue weighted by Gasteiger charge is -2.17. The molecule has 1 heterocycles. The second kappa shape index (κ2) is 4.29. The summed E-state index contributed by atoms with van der Waals surface area (Å²) in [5, 5.41) is 6.33. The van der Waals surface area contributed by atoms with E-state index in [4.69, 9.17) is 10.5 Å². The van der Waals surface area contributed by atoms with Crippen molar-refractivity contribution in [3.05, 3.63) is 30.0 Å².